The van der Waals surface area contributed by atoms with Crippen LogP contribution in [0.15, 0.2) is 30.3 Å². The molecule has 2 rings (SSSR count). The van der Waals surface area contributed by atoms with Gasteiger partial charge in [-0.25, -0.2) is 0 Å². The summed E-state index contributed by atoms with van der Waals surface area (Å²) in [5.41, 5.74) is 1.05. The van der Waals surface area contributed by atoms with Crippen LogP contribution >= 0.6 is 0 Å². The predicted octanol–water partition coefficient (Wildman–Crippen LogP) is 2.94. The molecule has 4 atom stereocenters. The van der Waals surface area contributed by atoms with Gasteiger partial charge in [0.15, 0.2) is 0 Å². The molecule has 1 aromatic carbocycles. The van der Waals surface area contributed by atoms with Gasteiger partial charge in [-0.2, -0.15) is 0 Å². The summed E-state index contributed by atoms with van der Waals surface area (Å²) in [6.07, 6.45) is 1.19. The Labute approximate surface area is 116 Å². The van der Waals surface area contributed by atoms with E-state index < -0.39 is 0 Å². The van der Waals surface area contributed by atoms with Crippen molar-refractivity contribution in [3.63, 3.8) is 0 Å². The zero-order valence-electron chi connectivity index (χ0n) is 12.3. The summed E-state index contributed by atoms with van der Waals surface area (Å²) in [5.74, 6) is 0.717. The van der Waals surface area contributed by atoms with Gasteiger partial charge in [0.1, 0.15) is 6.04 Å². The Morgan fingerprint density at radius 2 is 1.89 bits per heavy atom. The van der Waals surface area contributed by atoms with Gasteiger partial charge in [0.2, 0.25) is 5.91 Å². The summed E-state index contributed by atoms with van der Waals surface area (Å²) in [4.78, 5) is 14.6. The van der Waals surface area contributed by atoms with Gasteiger partial charge in [-0.05, 0) is 25.3 Å². The van der Waals surface area contributed by atoms with Crippen LogP contribution in [0.25, 0.3) is 0 Å². The molecular weight excluding hydrogens is 236 g/mol. The third-order valence-electron chi connectivity index (χ3n) is 4.37. The van der Waals surface area contributed by atoms with Gasteiger partial charge < -0.3 is 4.90 Å². The minimum atomic E-state index is -0.192. The van der Waals surface area contributed by atoms with E-state index in [0.29, 0.717) is 5.92 Å². The molecule has 104 valence electrons. The lowest BCUT2D eigenvalue weighted by Gasteiger charge is -2.32. The van der Waals surface area contributed by atoms with E-state index in [1.165, 1.54) is 0 Å². The van der Waals surface area contributed by atoms with Crippen molar-refractivity contribution in [3.8, 4) is 0 Å². The molecule has 0 saturated carbocycles. The smallest absolute Gasteiger partial charge is 0.245 e. The molecule has 4 unspecified atom stereocenters. The Balaban J connectivity index is 2.19. The molecule has 0 aromatic heterocycles. The molecule has 1 fully saturated rings. The van der Waals surface area contributed by atoms with Crippen molar-refractivity contribution in [2.24, 2.45) is 5.92 Å². The predicted molar refractivity (Wildman–Crippen MR) is 77.5 cm³/mol. The molecule has 3 nitrogen and oxygen atoms in total. The molecule has 19 heavy (non-hydrogen) atoms. The zero-order valence-corrected chi connectivity index (χ0v) is 12.3. The first-order valence-corrected chi connectivity index (χ1v) is 7.19. The molecule has 1 aromatic rings. The topological polar surface area (TPSA) is 32.3 Å². The Morgan fingerprint density at radius 3 is 2.47 bits per heavy atom. The summed E-state index contributed by atoms with van der Waals surface area (Å²) >= 11 is 0. The monoisotopic (exact) mass is 260 g/mol. The fraction of sp³-hybridized carbons (Fsp3) is 0.562. The molecule has 1 aliphatic rings. The lowest BCUT2D eigenvalue weighted by Crippen LogP contribution is -2.44. The number of nitrogens with one attached hydrogen (secondary N) is 1. The van der Waals surface area contributed by atoms with Crippen molar-refractivity contribution in [1.82, 2.24) is 10.2 Å². The Bertz CT molecular complexity index is 432. The van der Waals surface area contributed by atoms with Gasteiger partial charge in [-0.15, -0.1) is 0 Å². The Hall–Kier alpha value is -1.35. The van der Waals surface area contributed by atoms with Crippen LogP contribution in [0.4, 0.5) is 0 Å². The molecule has 1 aliphatic heterocycles. The Morgan fingerprint density at radius 1 is 1.26 bits per heavy atom. The molecule has 1 heterocycles. The highest BCUT2D eigenvalue weighted by molar-refractivity contribution is 5.85. The number of benzene rings is 1. The summed E-state index contributed by atoms with van der Waals surface area (Å²) < 4.78 is 0. The van der Waals surface area contributed by atoms with E-state index in [1.54, 1.807) is 0 Å². The van der Waals surface area contributed by atoms with E-state index in [0.717, 1.165) is 12.0 Å². The number of nitrogens with zero attached hydrogens (tertiary/aromatic N) is 1. The van der Waals surface area contributed by atoms with Gasteiger partial charge in [-0.1, -0.05) is 50.6 Å². The largest absolute Gasteiger partial charge is 0.323 e. The Kier molecular flexibility index (Phi) is 4.25. The highest BCUT2D eigenvalue weighted by Crippen LogP contribution is 2.28. The minimum Gasteiger partial charge on any atom is -0.323 e. The van der Waals surface area contributed by atoms with Crippen LogP contribution in [0.3, 0.4) is 0 Å². The van der Waals surface area contributed by atoms with Crippen LogP contribution in [-0.2, 0) is 4.79 Å². The molecule has 0 bridgehead atoms. The standard InChI is InChI=1S/C16H24N2O/c1-5-11(2)12(3)18-13(4)17-15(16(18)19)14-9-7-6-8-10-14/h6-13,15,17H,5H2,1-4H3. The maximum atomic E-state index is 12.6. The molecular formula is C16H24N2O. The van der Waals surface area contributed by atoms with E-state index in [-0.39, 0.29) is 24.2 Å². The third-order valence-corrected chi connectivity index (χ3v) is 4.37. The first-order chi connectivity index (χ1) is 9.06. The van der Waals surface area contributed by atoms with Crippen LogP contribution in [0.5, 0.6) is 0 Å². The van der Waals surface area contributed by atoms with E-state index >= 15 is 0 Å². The quantitative estimate of drug-likeness (QED) is 0.902. The summed E-state index contributed by atoms with van der Waals surface area (Å²) in [6.45, 7) is 8.60. The fourth-order valence-corrected chi connectivity index (χ4v) is 2.79. The second-order valence-corrected chi connectivity index (χ2v) is 5.56. The van der Waals surface area contributed by atoms with Crippen LogP contribution < -0.4 is 5.32 Å². The molecule has 1 saturated heterocycles. The van der Waals surface area contributed by atoms with Gasteiger partial charge in [0.05, 0.1) is 6.17 Å². The molecule has 3 heteroatoms. The minimum absolute atomic E-state index is 0.0988. The summed E-state index contributed by atoms with van der Waals surface area (Å²) in [7, 11) is 0. The second kappa shape index (κ2) is 5.74. The van der Waals surface area contributed by atoms with Crippen molar-refractivity contribution >= 4 is 5.91 Å². The fourth-order valence-electron chi connectivity index (χ4n) is 2.79. The number of carbonyl (C=O) groups is 1. The SMILES string of the molecule is CCC(C)C(C)N1C(=O)C(c2ccccc2)NC1C. The average molecular weight is 260 g/mol. The highest BCUT2D eigenvalue weighted by atomic mass is 16.2. The van der Waals surface area contributed by atoms with Crippen LogP contribution in [0, 0.1) is 5.92 Å². The lowest BCUT2D eigenvalue weighted by molar-refractivity contribution is -0.132. The number of rotatable bonds is 4. The summed E-state index contributed by atoms with van der Waals surface area (Å²) in [6, 6.07) is 10.0. The number of amides is 1. The first-order valence-electron chi connectivity index (χ1n) is 7.19. The number of carbonyl (C=O) groups excluding carboxylic acids is 1. The van der Waals surface area contributed by atoms with Crippen molar-refractivity contribution in [2.45, 2.75) is 52.4 Å². The van der Waals surface area contributed by atoms with Gasteiger partial charge in [0, 0.05) is 6.04 Å². The molecule has 0 aliphatic carbocycles. The molecule has 1 N–H and O–H groups in total. The van der Waals surface area contributed by atoms with Crippen molar-refractivity contribution < 1.29 is 4.79 Å². The summed E-state index contributed by atoms with van der Waals surface area (Å²) in [5, 5.41) is 3.41. The lowest BCUT2D eigenvalue weighted by atomic mass is 9.98. The van der Waals surface area contributed by atoms with E-state index in [2.05, 4.69) is 33.0 Å². The van der Waals surface area contributed by atoms with Gasteiger partial charge >= 0.3 is 0 Å². The highest BCUT2D eigenvalue weighted by Gasteiger charge is 2.40. The van der Waals surface area contributed by atoms with Crippen LogP contribution in [0.2, 0.25) is 0 Å². The van der Waals surface area contributed by atoms with Gasteiger partial charge in [-0.3, -0.25) is 10.1 Å². The number of hydrogen-bond acceptors (Lipinski definition) is 2. The molecule has 0 radical (unpaired) electrons. The second-order valence-electron chi connectivity index (χ2n) is 5.56. The normalized spacial score (nSPS) is 26.5. The van der Waals surface area contributed by atoms with Gasteiger partial charge in [0.25, 0.3) is 0 Å². The third kappa shape index (κ3) is 2.66. The maximum absolute atomic E-state index is 12.6. The van der Waals surface area contributed by atoms with Crippen molar-refractivity contribution in [3.05, 3.63) is 35.9 Å². The zero-order chi connectivity index (χ0) is 14.0. The maximum Gasteiger partial charge on any atom is 0.245 e. The van der Waals surface area contributed by atoms with Crippen molar-refractivity contribution in [2.75, 3.05) is 0 Å². The molecule has 1 amide bonds. The van der Waals surface area contributed by atoms with E-state index in [1.807, 2.05) is 35.2 Å². The molecule has 0 spiro atoms. The van der Waals surface area contributed by atoms with E-state index in [4.69, 9.17) is 0 Å². The number of hydrogen-bond donors (Lipinski definition) is 1. The van der Waals surface area contributed by atoms with Crippen LogP contribution in [-0.4, -0.2) is 23.0 Å². The van der Waals surface area contributed by atoms with E-state index in [9.17, 15) is 4.79 Å². The van der Waals surface area contributed by atoms with Crippen molar-refractivity contribution in [1.29, 1.82) is 0 Å². The van der Waals surface area contributed by atoms with Crippen LogP contribution in [0.1, 0.15) is 45.7 Å². The average Bonchev–Trinajstić information content (AvgIpc) is 2.73. The first kappa shape index (κ1) is 14.1.